The predicted octanol–water partition coefficient (Wildman–Crippen LogP) is 4.15. The van der Waals surface area contributed by atoms with E-state index in [1.165, 1.54) is 0 Å². The number of ether oxygens (including phenoxy) is 1. The van der Waals surface area contributed by atoms with E-state index in [1.54, 1.807) is 18.4 Å². The number of benzene rings is 1. The van der Waals surface area contributed by atoms with Crippen LogP contribution in [0, 0.1) is 6.92 Å². The smallest absolute Gasteiger partial charge is 0.127 e. The van der Waals surface area contributed by atoms with Crippen LogP contribution >= 0.6 is 11.3 Å². The van der Waals surface area contributed by atoms with Gasteiger partial charge in [-0.2, -0.15) is 0 Å². The zero-order valence-electron chi connectivity index (χ0n) is 10.2. The SMILES string of the molecule is CC.COc1ccccc1-c1cnc(C)s1. The highest BCUT2D eigenvalue weighted by Gasteiger charge is 2.06. The monoisotopic (exact) mass is 235 g/mol. The van der Waals surface area contributed by atoms with E-state index >= 15 is 0 Å². The van der Waals surface area contributed by atoms with Gasteiger partial charge in [0, 0.05) is 11.8 Å². The topological polar surface area (TPSA) is 22.1 Å². The molecule has 0 radical (unpaired) electrons. The average Bonchev–Trinajstić information content (AvgIpc) is 2.78. The van der Waals surface area contributed by atoms with Crippen molar-refractivity contribution in [2.75, 3.05) is 7.11 Å². The molecule has 1 aromatic heterocycles. The van der Waals surface area contributed by atoms with Gasteiger partial charge in [0.2, 0.25) is 0 Å². The molecular formula is C13H17NOS. The van der Waals surface area contributed by atoms with Gasteiger partial charge in [0.1, 0.15) is 5.75 Å². The fraction of sp³-hybridized carbons (Fsp3) is 0.308. The second kappa shape index (κ2) is 6.28. The summed E-state index contributed by atoms with van der Waals surface area (Å²) in [6, 6.07) is 7.99. The lowest BCUT2D eigenvalue weighted by Gasteiger charge is -2.04. The summed E-state index contributed by atoms with van der Waals surface area (Å²) in [5, 5.41) is 1.07. The van der Waals surface area contributed by atoms with Crippen LogP contribution < -0.4 is 4.74 Å². The number of aryl methyl sites for hydroxylation is 1. The van der Waals surface area contributed by atoms with E-state index in [0.717, 1.165) is 21.2 Å². The molecule has 0 saturated heterocycles. The third kappa shape index (κ3) is 2.83. The molecule has 1 aromatic carbocycles. The molecule has 2 rings (SSSR count). The van der Waals surface area contributed by atoms with Crippen LogP contribution in [0.1, 0.15) is 18.9 Å². The van der Waals surface area contributed by atoms with E-state index in [4.69, 9.17) is 4.74 Å². The van der Waals surface area contributed by atoms with E-state index < -0.39 is 0 Å². The Morgan fingerprint density at radius 2 is 1.88 bits per heavy atom. The fourth-order valence-electron chi connectivity index (χ4n) is 1.33. The minimum atomic E-state index is 0.899. The molecule has 0 N–H and O–H groups in total. The number of nitrogens with zero attached hydrogens (tertiary/aromatic N) is 1. The number of para-hydroxylation sites is 1. The number of rotatable bonds is 2. The third-order valence-electron chi connectivity index (χ3n) is 1.99. The van der Waals surface area contributed by atoms with Crippen LogP contribution in [0.25, 0.3) is 10.4 Å². The summed E-state index contributed by atoms with van der Waals surface area (Å²) in [5.74, 6) is 0.899. The van der Waals surface area contributed by atoms with Crippen molar-refractivity contribution < 1.29 is 4.74 Å². The van der Waals surface area contributed by atoms with E-state index in [0.29, 0.717) is 0 Å². The molecule has 0 fully saturated rings. The second-order valence-electron chi connectivity index (χ2n) is 2.94. The Kier molecular flexibility index (Phi) is 4.99. The van der Waals surface area contributed by atoms with Gasteiger partial charge in [0.15, 0.2) is 0 Å². The van der Waals surface area contributed by atoms with E-state index in [1.807, 2.05) is 51.2 Å². The van der Waals surface area contributed by atoms with Gasteiger partial charge in [-0.3, -0.25) is 0 Å². The maximum Gasteiger partial charge on any atom is 0.127 e. The lowest BCUT2D eigenvalue weighted by molar-refractivity contribution is 0.416. The first kappa shape index (κ1) is 12.7. The van der Waals surface area contributed by atoms with Crippen LogP contribution in [0.2, 0.25) is 0 Å². The Morgan fingerprint density at radius 3 is 2.44 bits per heavy atom. The van der Waals surface area contributed by atoms with Crippen LogP contribution in [-0.2, 0) is 0 Å². The van der Waals surface area contributed by atoms with E-state index in [9.17, 15) is 0 Å². The van der Waals surface area contributed by atoms with Crippen molar-refractivity contribution in [2.24, 2.45) is 0 Å². The first-order chi connectivity index (χ1) is 7.81. The summed E-state index contributed by atoms with van der Waals surface area (Å²) in [6.45, 7) is 6.00. The minimum Gasteiger partial charge on any atom is -0.496 e. The summed E-state index contributed by atoms with van der Waals surface area (Å²) in [6.07, 6.45) is 1.89. The Bertz CT molecular complexity index is 437. The van der Waals surface area contributed by atoms with Gasteiger partial charge in [0.25, 0.3) is 0 Å². The largest absolute Gasteiger partial charge is 0.496 e. The van der Waals surface area contributed by atoms with Gasteiger partial charge in [-0.25, -0.2) is 4.98 Å². The first-order valence-electron chi connectivity index (χ1n) is 5.37. The molecule has 0 aliphatic heterocycles. The Hall–Kier alpha value is -1.35. The molecule has 0 bridgehead atoms. The van der Waals surface area contributed by atoms with Crippen molar-refractivity contribution in [3.8, 4) is 16.2 Å². The van der Waals surface area contributed by atoms with Crippen molar-refractivity contribution in [3.05, 3.63) is 35.5 Å². The number of thiazole rings is 1. The standard InChI is InChI=1S/C11H11NOS.C2H6/c1-8-12-7-11(14-8)9-5-3-4-6-10(9)13-2;1-2/h3-7H,1-2H3;1-2H3. The molecule has 0 aliphatic carbocycles. The van der Waals surface area contributed by atoms with Crippen LogP contribution in [0.3, 0.4) is 0 Å². The van der Waals surface area contributed by atoms with Gasteiger partial charge < -0.3 is 4.74 Å². The van der Waals surface area contributed by atoms with Crippen molar-refractivity contribution in [3.63, 3.8) is 0 Å². The minimum absolute atomic E-state index is 0.899. The summed E-state index contributed by atoms with van der Waals surface area (Å²) in [7, 11) is 1.69. The fourth-order valence-corrected chi connectivity index (χ4v) is 2.14. The molecule has 0 aliphatic rings. The van der Waals surface area contributed by atoms with Crippen molar-refractivity contribution in [1.82, 2.24) is 4.98 Å². The molecule has 0 amide bonds. The van der Waals surface area contributed by atoms with E-state index in [2.05, 4.69) is 4.98 Å². The van der Waals surface area contributed by atoms with Gasteiger partial charge >= 0.3 is 0 Å². The highest BCUT2D eigenvalue weighted by molar-refractivity contribution is 7.15. The molecule has 86 valence electrons. The summed E-state index contributed by atoms with van der Waals surface area (Å²) >= 11 is 1.68. The van der Waals surface area contributed by atoms with Crippen LogP contribution in [0.4, 0.5) is 0 Å². The maximum absolute atomic E-state index is 5.29. The van der Waals surface area contributed by atoms with Gasteiger partial charge in [-0.1, -0.05) is 26.0 Å². The normalized spacial score (nSPS) is 9.25. The van der Waals surface area contributed by atoms with Crippen molar-refractivity contribution >= 4 is 11.3 Å². The summed E-state index contributed by atoms with van der Waals surface area (Å²) in [4.78, 5) is 5.38. The highest BCUT2D eigenvalue weighted by Crippen LogP contribution is 2.32. The zero-order valence-corrected chi connectivity index (χ0v) is 11.0. The maximum atomic E-state index is 5.29. The molecule has 0 atom stereocenters. The molecule has 0 unspecified atom stereocenters. The average molecular weight is 235 g/mol. The highest BCUT2D eigenvalue weighted by atomic mass is 32.1. The first-order valence-corrected chi connectivity index (χ1v) is 6.18. The molecule has 0 spiro atoms. The van der Waals surface area contributed by atoms with Gasteiger partial charge in [0.05, 0.1) is 17.0 Å². The van der Waals surface area contributed by atoms with Crippen LogP contribution in [0.15, 0.2) is 30.5 Å². The lowest BCUT2D eigenvalue weighted by Crippen LogP contribution is -1.84. The molecule has 2 nitrogen and oxygen atoms in total. The number of hydrogen-bond donors (Lipinski definition) is 0. The zero-order chi connectivity index (χ0) is 12.0. The quantitative estimate of drug-likeness (QED) is 0.780. The number of aromatic nitrogens is 1. The van der Waals surface area contributed by atoms with Gasteiger partial charge in [-0.05, 0) is 19.1 Å². The third-order valence-corrected chi connectivity index (χ3v) is 2.94. The molecule has 3 heteroatoms. The molecule has 2 aromatic rings. The van der Waals surface area contributed by atoms with Crippen molar-refractivity contribution in [2.45, 2.75) is 20.8 Å². The Morgan fingerprint density at radius 1 is 1.19 bits per heavy atom. The van der Waals surface area contributed by atoms with Gasteiger partial charge in [-0.15, -0.1) is 11.3 Å². The number of hydrogen-bond acceptors (Lipinski definition) is 3. The summed E-state index contributed by atoms with van der Waals surface area (Å²) < 4.78 is 5.29. The number of methoxy groups -OCH3 is 1. The summed E-state index contributed by atoms with van der Waals surface area (Å²) in [5.41, 5.74) is 1.11. The van der Waals surface area contributed by atoms with Crippen LogP contribution in [0.5, 0.6) is 5.75 Å². The molecule has 0 saturated carbocycles. The molecule has 1 heterocycles. The second-order valence-corrected chi connectivity index (χ2v) is 4.18. The van der Waals surface area contributed by atoms with Crippen LogP contribution in [-0.4, -0.2) is 12.1 Å². The van der Waals surface area contributed by atoms with E-state index in [-0.39, 0.29) is 0 Å². The lowest BCUT2D eigenvalue weighted by atomic mass is 10.2. The Labute approximate surface area is 101 Å². The van der Waals surface area contributed by atoms with Crippen molar-refractivity contribution in [1.29, 1.82) is 0 Å². The molecule has 16 heavy (non-hydrogen) atoms. The Balaban J connectivity index is 0.000000606. The predicted molar refractivity (Wildman–Crippen MR) is 70.2 cm³/mol. The molecular weight excluding hydrogens is 218 g/mol.